The van der Waals surface area contributed by atoms with Crippen molar-refractivity contribution in [1.82, 2.24) is 0 Å². The first-order valence-corrected chi connectivity index (χ1v) is 7.26. The van der Waals surface area contributed by atoms with Crippen LogP contribution in [0.5, 0.6) is 5.75 Å². The van der Waals surface area contributed by atoms with Crippen LogP contribution in [-0.4, -0.2) is 16.7 Å². The quantitative estimate of drug-likeness (QED) is 0.915. The normalized spacial score (nSPS) is 14.3. The van der Waals surface area contributed by atoms with E-state index in [9.17, 15) is 14.7 Å². The number of thioether (sulfide) groups is 1. The van der Waals surface area contributed by atoms with Gasteiger partial charge in [0.25, 0.3) is 0 Å². The van der Waals surface area contributed by atoms with Crippen LogP contribution in [0.25, 0.3) is 0 Å². The molecule has 0 aliphatic heterocycles. The van der Waals surface area contributed by atoms with E-state index in [1.54, 1.807) is 19.1 Å². The fourth-order valence-electron chi connectivity index (χ4n) is 2.29. The van der Waals surface area contributed by atoms with E-state index >= 15 is 0 Å². The molecule has 0 heterocycles. The van der Waals surface area contributed by atoms with Gasteiger partial charge in [-0.25, -0.2) is 0 Å². The number of rotatable bonds is 2. The molecule has 2 aromatic rings. The predicted molar refractivity (Wildman–Crippen MR) is 81.8 cm³/mol. The van der Waals surface area contributed by atoms with Gasteiger partial charge in [-0.15, -0.1) is 0 Å². The molecule has 0 fully saturated rings. The molecule has 0 saturated carbocycles. The number of fused-ring (bicyclic) bond motifs is 1. The van der Waals surface area contributed by atoms with Crippen LogP contribution in [0.15, 0.2) is 63.9 Å². The summed E-state index contributed by atoms with van der Waals surface area (Å²) in [6.07, 6.45) is 0. The van der Waals surface area contributed by atoms with Crippen molar-refractivity contribution in [2.24, 2.45) is 0 Å². The number of carbonyl (C=O) groups is 2. The fraction of sp³-hybridized carbons (Fsp3) is 0.0588. The third kappa shape index (κ3) is 2.28. The van der Waals surface area contributed by atoms with Crippen molar-refractivity contribution in [3.8, 4) is 5.75 Å². The van der Waals surface area contributed by atoms with Gasteiger partial charge < -0.3 is 5.11 Å². The number of phenols is 1. The summed E-state index contributed by atoms with van der Waals surface area (Å²) in [6.45, 7) is 1.65. The number of carbonyl (C=O) groups excluding carboxylic acids is 2. The SMILES string of the molecule is CC1=C(Sc2ccccc2)C(=O)c2c(O)cccc2C1=O. The number of allylic oxidation sites excluding steroid dienone is 2. The lowest BCUT2D eigenvalue weighted by Gasteiger charge is -2.19. The van der Waals surface area contributed by atoms with Crippen molar-refractivity contribution in [2.75, 3.05) is 0 Å². The Kier molecular flexibility index (Phi) is 3.39. The van der Waals surface area contributed by atoms with Gasteiger partial charge in [0.1, 0.15) is 5.75 Å². The minimum Gasteiger partial charge on any atom is -0.507 e. The minimum absolute atomic E-state index is 0.103. The second-order valence-corrected chi connectivity index (χ2v) is 5.81. The number of benzene rings is 2. The Morgan fingerprint density at radius 3 is 2.33 bits per heavy atom. The van der Waals surface area contributed by atoms with Gasteiger partial charge in [-0.3, -0.25) is 9.59 Å². The summed E-state index contributed by atoms with van der Waals surface area (Å²) >= 11 is 1.25. The predicted octanol–water partition coefficient (Wildman–Crippen LogP) is 3.84. The first kappa shape index (κ1) is 13.6. The number of hydrogen-bond acceptors (Lipinski definition) is 4. The van der Waals surface area contributed by atoms with E-state index in [4.69, 9.17) is 0 Å². The molecule has 0 saturated heterocycles. The van der Waals surface area contributed by atoms with Gasteiger partial charge in [0.2, 0.25) is 5.78 Å². The molecule has 0 atom stereocenters. The lowest BCUT2D eigenvalue weighted by molar-refractivity contribution is 0.0979. The van der Waals surface area contributed by atoms with Gasteiger partial charge in [-0.05, 0) is 25.1 Å². The molecule has 4 heteroatoms. The number of ketones is 2. The summed E-state index contributed by atoms with van der Waals surface area (Å²) in [5, 5.41) is 9.91. The van der Waals surface area contributed by atoms with Crippen LogP contribution in [-0.2, 0) is 0 Å². The second-order valence-electron chi connectivity index (χ2n) is 4.73. The van der Waals surface area contributed by atoms with Crippen LogP contribution in [0.2, 0.25) is 0 Å². The Morgan fingerprint density at radius 2 is 1.62 bits per heavy atom. The molecule has 0 spiro atoms. The summed E-state index contributed by atoms with van der Waals surface area (Å²) in [5.41, 5.74) is 0.799. The molecule has 1 aliphatic rings. The zero-order valence-corrected chi connectivity index (χ0v) is 12.1. The molecule has 3 nitrogen and oxygen atoms in total. The number of phenolic OH excluding ortho intramolecular Hbond substituents is 1. The molecule has 1 N–H and O–H groups in total. The van der Waals surface area contributed by atoms with Gasteiger partial charge in [0.15, 0.2) is 5.78 Å². The summed E-state index contributed by atoms with van der Waals surface area (Å²) in [6, 6.07) is 14.0. The van der Waals surface area contributed by atoms with Gasteiger partial charge in [0, 0.05) is 16.0 Å². The van der Waals surface area contributed by atoms with E-state index in [0.29, 0.717) is 10.5 Å². The number of Topliss-reactive ketones (excluding diaryl/α,β-unsaturated/α-hetero) is 2. The summed E-state index contributed by atoms with van der Waals surface area (Å²) in [5.74, 6) is -0.655. The van der Waals surface area contributed by atoms with Crippen LogP contribution in [0.3, 0.4) is 0 Å². The molecular formula is C17H12O3S. The highest BCUT2D eigenvalue weighted by atomic mass is 32.2. The smallest absolute Gasteiger partial charge is 0.204 e. The standard InChI is InChI=1S/C17H12O3S/c1-10-15(19)12-8-5-9-13(18)14(12)16(20)17(10)21-11-6-3-2-4-7-11/h2-9,18H,1H3. The van der Waals surface area contributed by atoms with Gasteiger partial charge >= 0.3 is 0 Å². The van der Waals surface area contributed by atoms with Crippen molar-refractivity contribution >= 4 is 23.3 Å². The Bertz CT molecular complexity index is 776. The maximum atomic E-state index is 12.6. The highest BCUT2D eigenvalue weighted by molar-refractivity contribution is 8.04. The number of aromatic hydroxyl groups is 1. The average molecular weight is 296 g/mol. The van der Waals surface area contributed by atoms with Gasteiger partial charge in [-0.2, -0.15) is 0 Å². The van der Waals surface area contributed by atoms with E-state index in [1.165, 1.54) is 17.8 Å². The molecule has 3 rings (SSSR count). The van der Waals surface area contributed by atoms with Crippen molar-refractivity contribution in [3.05, 3.63) is 70.1 Å². The number of hydrogen-bond donors (Lipinski definition) is 1. The third-order valence-corrected chi connectivity index (χ3v) is 4.57. The van der Waals surface area contributed by atoms with Crippen LogP contribution in [0.1, 0.15) is 27.6 Å². The topological polar surface area (TPSA) is 54.4 Å². The van der Waals surface area contributed by atoms with Crippen molar-refractivity contribution in [2.45, 2.75) is 11.8 Å². The first-order chi connectivity index (χ1) is 10.1. The summed E-state index contributed by atoms with van der Waals surface area (Å²) in [4.78, 5) is 26.2. The molecule has 0 unspecified atom stereocenters. The van der Waals surface area contributed by atoms with Crippen LogP contribution in [0, 0.1) is 0 Å². The fourth-order valence-corrected chi connectivity index (χ4v) is 3.26. The zero-order chi connectivity index (χ0) is 15.0. The van der Waals surface area contributed by atoms with E-state index in [-0.39, 0.29) is 28.4 Å². The van der Waals surface area contributed by atoms with Gasteiger partial charge in [0.05, 0.1) is 10.5 Å². The van der Waals surface area contributed by atoms with Crippen molar-refractivity contribution < 1.29 is 14.7 Å². The van der Waals surface area contributed by atoms with Crippen LogP contribution >= 0.6 is 11.8 Å². The maximum absolute atomic E-state index is 12.6. The second kappa shape index (κ2) is 5.22. The zero-order valence-electron chi connectivity index (χ0n) is 11.3. The molecular weight excluding hydrogens is 284 g/mol. The van der Waals surface area contributed by atoms with Gasteiger partial charge in [-0.1, -0.05) is 42.1 Å². The van der Waals surface area contributed by atoms with E-state index < -0.39 is 0 Å². The highest BCUT2D eigenvalue weighted by Crippen LogP contribution is 2.39. The van der Waals surface area contributed by atoms with E-state index in [0.717, 1.165) is 4.90 Å². The molecule has 2 aromatic carbocycles. The van der Waals surface area contributed by atoms with Crippen LogP contribution < -0.4 is 0 Å². The molecule has 1 aliphatic carbocycles. The Morgan fingerprint density at radius 1 is 0.905 bits per heavy atom. The van der Waals surface area contributed by atoms with Crippen molar-refractivity contribution in [3.63, 3.8) is 0 Å². The van der Waals surface area contributed by atoms with Crippen molar-refractivity contribution in [1.29, 1.82) is 0 Å². The van der Waals surface area contributed by atoms with E-state index in [2.05, 4.69) is 0 Å². The maximum Gasteiger partial charge on any atom is 0.204 e. The monoisotopic (exact) mass is 296 g/mol. The lowest BCUT2D eigenvalue weighted by Crippen LogP contribution is -2.19. The van der Waals surface area contributed by atoms with E-state index in [1.807, 2.05) is 30.3 Å². The molecule has 0 amide bonds. The van der Waals surface area contributed by atoms with Crippen LogP contribution in [0.4, 0.5) is 0 Å². The third-order valence-electron chi connectivity index (χ3n) is 3.36. The molecule has 0 aromatic heterocycles. The summed E-state index contributed by atoms with van der Waals surface area (Å²) < 4.78 is 0. The average Bonchev–Trinajstić information content (AvgIpc) is 2.50. The largest absolute Gasteiger partial charge is 0.507 e. The molecule has 104 valence electrons. The Hall–Kier alpha value is -2.33. The Balaban J connectivity index is 2.10. The highest BCUT2D eigenvalue weighted by Gasteiger charge is 2.32. The minimum atomic E-state index is -0.297. The molecule has 0 bridgehead atoms. The molecule has 0 radical (unpaired) electrons. The lowest BCUT2D eigenvalue weighted by atomic mass is 9.89. The first-order valence-electron chi connectivity index (χ1n) is 6.44. The Labute approximate surface area is 126 Å². The molecule has 21 heavy (non-hydrogen) atoms. The summed E-state index contributed by atoms with van der Waals surface area (Å²) in [7, 11) is 0.